The van der Waals surface area contributed by atoms with E-state index in [1.165, 1.54) is 7.11 Å². The molecule has 1 amide bonds. The van der Waals surface area contributed by atoms with Crippen LogP contribution in [0, 0.1) is 5.41 Å². The SMILES string of the molecule is COC(=O)CCNC(=O)[C@@H]1O[PH](O)(OCCl)OCC1(C)C. The number of alkyl halides is 1. The minimum absolute atomic E-state index is 0.0474. The molecule has 10 heteroatoms. The Bertz CT molecular complexity index is 395. The van der Waals surface area contributed by atoms with Gasteiger partial charge in [0.15, 0.2) is 0 Å². The van der Waals surface area contributed by atoms with Gasteiger partial charge in [0, 0.05) is 0 Å². The van der Waals surface area contributed by atoms with E-state index >= 15 is 0 Å². The molecule has 0 bridgehead atoms. The molecule has 0 spiro atoms. The van der Waals surface area contributed by atoms with E-state index in [2.05, 4.69) is 10.1 Å². The van der Waals surface area contributed by atoms with Gasteiger partial charge in [-0.15, -0.1) is 0 Å². The molecule has 124 valence electrons. The van der Waals surface area contributed by atoms with Crippen LogP contribution in [0.1, 0.15) is 20.3 Å². The van der Waals surface area contributed by atoms with E-state index in [0.717, 1.165) is 0 Å². The van der Waals surface area contributed by atoms with Crippen molar-refractivity contribution in [1.29, 1.82) is 0 Å². The van der Waals surface area contributed by atoms with Crippen molar-refractivity contribution in [2.75, 3.05) is 26.3 Å². The molecule has 1 aliphatic rings. The average molecular weight is 346 g/mol. The summed E-state index contributed by atoms with van der Waals surface area (Å²) in [5, 5.41) is 2.56. The van der Waals surface area contributed by atoms with Crippen LogP contribution in [-0.2, 0) is 27.9 Å². The first-order valence-corrected chi connectivity index (χ1v) is 8.53. The van der Waals surface area contributed by atoms with Gasteiger partial charge in [-0.3, -0.25) is 0 Å². The standard InChI is InChI=1S/C11H21ClNO7P/c1-11(2)6-18-21(16,19-7-12)20-9(11)10(15)13-5-4-8(14)17-3/h9,16,21H,4-7H2,1-3H3,(H,13,15)/t9-/m0/s1. The number of carbonyl (C=O) groups excluding carboxylic acids is 2. The maximum absolute atomic E-state index is 12.2. The molecular weight excluding hydrogens is 325 g/mol. The molecule has 1 aliphatic heterocycles. The monoisotopic (exact) mass is 345 g/mol. The Hall–Kier alpha value is -0.500. The number of amides is 1. The van der Waals surface area contributed by atoms with Gasteiger partial charge in [-0.1, -0.05) is 0 Å². The minimum atomic E-state index is -3.90. The van der Waals surface area contributed by atoms with Crippen LogP contribution in [0.2, 0.25) is 0 Å². The summed E-state index contributed by atoms with van der Waals surface area (Å²) < 4.78 is 19.8. The average Bonchev–Trinajstić information content (AvgIpc) is 2.42. The predicted molar refractivity (Wildman–Crippen MR) is 76.6 cm³/mol. The van der Waals surface area contributed by atoms with E-state index in [1.54, 1.807) is 13.8 Å². The van der Waals surface area contributed by atoms with E-state index in [-0.39, 0.29) is 25.6 Å². The zero-order valence-electron chi connectivity index (χ0n) is 12.2. The number of esters is 1. The van der Waals surface area contributed by atoms with Crippen molar-refractivity contribution in [2.45, 2.75) is 26.4 Å². The number of methoxy groups -OCH3 is 1. The Morgan fingerprint density at radius 2 is 2.19 bits per heavy atom. The van der Waals surface area contributed by atoms with Gasteiger partial charge in [-0.2, -0.15) is 0 Å². The molecule has 1 atom stereocenters. The Labute approximate surface area is 128 Å². The van der Waals surface area contributed by atoms with Crippen molar-refractivity contribution >= 4 is 31.6 Å². The molecule has 1 saturated heterocycles. The van der Waals surface area contributed by atoms with Crippen LogP contribution in [0.5, 0.6) is 0 Å². The molecular formula is C11H21ClNO7P. The summed E-state index contributed by atoms with van der Waals surface area (Å²) in [6.45, 7) is 3.71. The van der Waals surface area contributed by atoms with Crippen molar-refractivity contribution in [3.8, 4) is 0 Å². The van der Waals surface area contributed by atoms with Gasteiger partial charge in [-0.25, -0.2) is 0 Å². The van der Waals surface area contributed by atoms with E-state index in [4.69, 9.17) is 25.2 Å². The summed E-state index contributed by atoms with van der Waals surface area (Å²) >= 11 is 5.40. The molecule has 0 saturated carbocycles. The van der Waals surface area contributed by atoms with Crippen LogP contribution in [-0.4, -0.2) is 49.2 Å². The molecule has 1 fully saturated rings. The number of nitrogens with one attached hydrogen (secondary N) is 1. The third-order valence-electron chi connectivity index (χ3n) is 2.93. The van der Waals surface area contributed by atoms with E-state index in [9.17, 15) is 14.5 Å². The molecule has 21 heavy (non-hydrogen) atoms. The van der Waals surface area contributed by atoms with Crippen LogP contribution >= 0.6 is 19.8 Å². The van der Waals surface area contributed by atoms with Gasteiger partial charge in [0.05, 0.1) is 0 Å². The summed E-state index contributed by atoms with van der Waals surface area (Å²) in [5.41, 5.74) is -0.662. The summed E-state index contributed by atoms with van der Waals surface area (Å²) in [4.78, 5) is 33.2. The molecule has 0 unspecified atom stereocenters. The first-order chi connectivity index (χ1) is 9.74. The van der Waals surface area contributed by atoms with Crippen LogP contribution < -0.4 is 5.32 Å². The Kier molecular flexibility index (Phi) is 6.77. The van der Waals surface area contributed by atoms with Gasteiger partial charge < -0.3 is 0 Å². The van der Waals surface area contributed by atoms with E-state index in [1.807, 2.05) is 0 Å². The fraction of sp³-hybridized carbons (Fsp3) is 0.818. The van der Waals surface area contributed by atoms with E-state index in [0.29, 0.717) is 0 Å². The Morgan fingerprint density at radius 1 is 1.52 bits per heavy atom. The summed E-state index contributed by atoms with van der Waals surface area (Å²) in [6.07, 6.45) is -0.921. The van der Waals surface area contributed by atoms with Crippen molar-refractivity contribution in [3.63, 3.8) is 0 Å². The van der Waals surface area contributed by atoms with Crippen LogP contribution in [0.25, 0.3) is 0 Å². The van der Waals surface area contributed by atoms with Gasteiger partial charge >= 0.3 is 128 Å². The molecule has 1 heterocycles. The fourth-order valence-electron chi connectivity index (χ4n) is 1.73. The second kappa shape index (κ2) is 7.67. The molecule has 0 radical (unpaired) electrons. The maximum atomic E-state index is 12.2. The van der Waals surface area contributed by atoms with Crippen LogP contribution in [0.3, 0.4) is 0 Å². The third-order valence-corrected chi connectivity index (χ3v) is 4.78. The first kappa shape index (κ1) is 18.5. The van der Waals surface area contributed by atoms with Gasteiger partial charge in [0.2, 0.25) is 0 Å². The van der Waals surface area contributed by atoms with Crippen molar-refractivity contribution in [1.82, 2.24) is 5.32 Å². The number of rotatable bonds is 6. The zero-order valence-corrected chi connectivity index (χ0v) is 13.9. The van der Waals surface area contributed by atoms with Crippen LogP contribution in [0.15, 0.2) is 0 Å². The van der Waals surface area contributed by atoms with Crippen molar-refractivity contribution < 1.29 is 32.8 Å². The predicted octanol–water partition coefficient (Wildman–Crippen LogP) is 0.722. The second-order valence-electron chi connectivity index (χ2n) is 5.17. The van der Waals surface area contributed by atoms with Gasteiger partial charge in [0.1, 0.15) is 0 Å². The van der Waals surface area contributed by atoms with Crippen molar-refractivity contribution in [3.05, 3.63) is 0 Å². The number of carbonyl (C=O) groups is 2. The van der Waals surface area contributed by atoms with Crippen LogP contribution in [0.4, 0.5) is 0 Å². The second-order valence-corrected chi connectivity index (χ2v) is 7.25. The third kappa shape index (κ3) is 5.32. The Morgan fingerprint density at radius 3 is 2.76 bits per heavy atom. The molecule has 0 aliphatic carbocycles. The number of hydrogen-bond acceptors (Lipinski definition) is 7. The number of ether oxygens (including phenoxy) is 1. The topological polar surface area (TPSA) is 103 Å². The molecule has 8 nitrogen and oxygen atoms in total. The molecule has 0 aromatic carbocycles. The summed E-state index contributed by atoms with van der Waals surface area (Å²) in [6, 6.07) is -0.306. The van der Waals surface area contributed by atoms with Gasteiger partial charge in [0.25, 0.3) is 0 Å². The molecule has 0 aromatic heterocycles. The quantitative estimate of drug-likeness (QED) is 0.415. The number of hydrogen-bond donors (Lipinski definition) is 2. The molecule has 2 N–H and O–H groups in total. The molecule has 0 aromatic rings. The Balaban J connectivity index is 2.63. The first-order valence-electron chi connectivity index (χ1n) is 6.32. The fourth-order valence-corrected chi connectivity index (χ4v) is 3.78. The normalized spacial score (nSPS) is 24.9. The summed E-state index contributed by atoms with van der Waals surface area (Å²) in [5.74, 6) is -0.893. The van der Waals surface area contributed by atoms with Crippen molar-refractivity contribution in [2.24, 2.45) is 5.41 Å². The van der Waals surface area contributed by atoms with E-state index < -0.39 is 31.6 Å². The zero-order chi connectivity index (χ0) is 16.1. The molecule has 1 rings (SSSR count). The van der Waals surface area contributed by atoms with Gasteiger partial charge in [-0.05, 0) is 0 Å². The summed E-state index contributed by atoms with van der Waals surface area (Å²) in [7, 11) is -2.64. The number of halogens is 1.